The molecular formula is C14H14ClFN2O. The molecule has 0 unspecified atom stereocenters. The molecule has 1 aromatic carbocycles. The standard InChI is InChI=1S/C14H14ClFN2O/c1-8-5-14(11(7-17)9(2)18-8)19-10-3-4-13(16)12(15)6-10/h3-6H,7,17H2,1-2H3. The molecule has 0 aliphatic heterocycles. The van der Waals surface area contributed by atoms with Gasteiger partial charge in [-0.1, -0.05) is 11.6 Å². The summed E-state index contributed by atoms with van der Waals surface area (Å²) in [5, 5.41) is 0.0225. The Morgan fingerprint density at radius 2 is 2.05 bits per heavy atom. The van der Waals surface area contributed by atoms with Crippen molar-refractivity contribution in [1.29, 1.82) is 0 Å². The third kappa shape index (κ3) is 3.03. The zero-order valence-electron chi connectivity index (χ0n) is 10.7. The van der Waals surface area contributed by atoms with Gasteiger partial charge in [-0.05, 0) is 26.0 Å². The van der Waals surface area contributed by atoms with Gasteiger partial charge in [-0.15, -0.1) is 0 Å². The Morgan fingerprint density at radius 3 is 2.68 bits per heavy atom. The van der Waals surface area contributed by atoms with Crippen molar-refractivity contribution in [3.05, 3.63) is 52.1 Å². The van der Waals surface area contributed by atoms with Crippen molar-refractivity contribution in [2.24, 2.45) is 5.73 Å². The van der Waals surface area contributed by atoms with E-state index in [9.17, 15) is 4.39 Å². The fourth-order valence-corrected chi connectivity index (χ4v) is 2.00. The van der Waals surface area contributed by atoms with Crippen LogP contribution < -0.4 is 10.5 Å². The summed E-state index contributed by atoms with van der Waals surface area (Å²) in [5.74, 6) is 0.608. The number of nitrogens with two attached hydrogens (primary N) is 1. The molecule has 100 valence electrons. The van der Waals surface area contributed by atoms with Gasteiger partial charge in [-0.3, -0.25) is 4.98 Å². The zero-order valence-corrected chi connectivity index (χ0v) is 11.5. The van der Waals surface area contributed by atoms with Gasteiger partial charge in [0.05, 0.1) is 5.02 Å². The van der Waals surface area contributed by atoms with Crippen LogP contribution in [0.2, 0.25) is 5.02 Å². The largest absolute Gasteiger partial charge is 0.457 e. The van der Waals surface area contributed by atoms with E-state index in [1.807, 2.05) is 13.8 Å². The number of hydrogen-bond donors (Lipinski definition) is 1. The third-order valence-electron chi connectivity index (χ3n) is 2.74. The van der Waals surface area contributed by atoms with Gasteiger partial charge < -0.3 is 10.5 Å². The predicted molar refractivity (Wildman–Crippen MR) is 73.1 cm³/mol. The van der Waals surface area contributed by atoms with Crippen LogP contribution in [-0.4, -0.2) is 4.98 Å². The second-order valence-corrected chi connectivity index (χ2v) is 4.62. The predicted octanol–water partition coefficient (Wildman–Crippen LogP) is 3.74. The first-order valence-electron chi connectivity index (χ1n) is 5.81. The summed E-state index contributed by atoms with van der Waals surface area (Å²) in [4.78, 5) is 4.33. The van der Waals surface area contributed by atoms with Crippen LogP contribution in [0.3, 0.4) is 0 Å². The molecular weight excluding hydrogens is 267 g/mol. The van der Waals surface area contributed by atoms with Gasteiger partial charge in [-0.2, -0.15) is 0 Å². The van der Waals surface area contributed by atoms with E-state index in [4.69, 9.17) is 22.1 Å². The van der Waals surface area contributed by atoms with Gasteiger partial charge in [0.25, 0.3) is 0 Å². The average molecular weight is 281 g/mol. The average Bonchev–Trinajstić information content (AvgIpc) is 2.33. The minimum atomic E-state index is -0.477. The molecule has 0 aliphatic carbocycles. The summed E-state index contributed by atoms with van der Waals surface area (Å²) in [5.41, 5.74) is 8.18. The molecule has 2 rings (SSSR count). The van der Waals surface area contributed by atoms with Gasteiger partial charge in [-0.25, -0.2) is 4.39 Å². The summed E-state index contributed by atoms with van der Waals surface area (Å²) in [6.45, 7) is 4.07. The molecule has 0 saturated heterocycles. The number of pyridine rings is 1. The van der Waals surface area contributed by atoms with Gasteiger partial charge in [0, 0.05) is 35.6 Å². The molecule has 2 N–H and O–H groups in total. The molecule has 0 fully saturated rings. The Balaban J connectivity index is 2.39. The van der Waals surface area contributed by atoms with Gasteiger partial charge >= 0.3 is 0 Å². The molecule has 0 aliphatic rings. The van der Waals surface area contributed by atoms with Crippen LogP contribution in [0.5, 0.6) is 11.5 Å². The van der Waals surface area contributed by atoms with Crippen LogP contribution in [0, 0.1) is 19.7 Å². The van der Waals surface area contributed by atoms with E-state index < -0.39 is 5.82 Å². The Kier molecular flexibility index (Phi) is 4.02. The van der Waals surface area contributed by atoms with Crippen LogP contribution >= 0.6 is 11.6 Å². The molecule has 0 radical (unpaired) electrons. The molecule has 2 aromatic rings. The third-order valence-corrected chi connectivity index (χ3v) is 3.03. The first kappa shape index (κ1) is 13.8. The Labute approximate surface area is 116 Å². The first-order chi connectivity index (χ1) is 9.01. The topological polar surface area (TPSA) is 48.1 Å². The lowest BCUT2D eigenvalue weighted by atomic mass is 10.1. The van der Waals surface area contributed by atoms with Crippen molar-refractivity contribution in [3.63, 3.8) is 0 Å². The number of aryl methyl sites for hydroxylation is 2. The fraction of sp³-hybridized carbons (Fsp3) is 0.214. The van der Waals surface area contributed by atoms with Crippen molar-refractivity contribution >= 4 is 11.6 Å². The Morgan fingerprint density at radius 1 is 1.32 bits per heavy atom. The summed E-state index contributed by atoms with van der Waals surface area (Å²) < 4.78 is 18.8. The molecule has 5 heteroatoms. The number of rotatable bonds is 3. The highest BCUT2D eigenvalue weighted by Gasteiger charge is 2.10. The number of halogens is 2. The second-order valence-electron chi connectivity index (χ2n) is 4.21. The van der Waals surface area contributed by atoms with Crippen LogP contribution in [0.1, 0.15) is 17.0 Å². The van der Waals surface area contributed by atoms with E-state index in [1.54, 1.807) is 6.07 Å². The maximum atomic E-state index is 13.1. The van der Waals surface area contributed by atoms with Gasteiger partial charge in [0.15, 0.2) is 0 Å². The lowest BCUT2D eigenvalue weighted by Crippen LogP contribution is -2.05. The molecule has 1 aromatic heterocycles. The molecule has 0 amide bonds. The molecule has 3 nitrogen and oxygen atoms in total. The summed E-state index contributed by atoms with van der Waals surface area (Å²) in [6, 6.07) is 6.02. The minimum absolute atomic E-state index is 0.0225. The number of ether oxygens (including phenoxy) is 1. The highest BCUT2D eigenvalue weighted by molar-refractivity contribution is 6.30. The summed E-state index contributed by atoms with van der Waals surface area (Å²) in [7, 11) is 0. The van der Waals surface area contributed by atoms with E-state index in [1.165, 1.54) is 18.2 Å². The van der Waals surface area contributed by atoms with E-state index in [2.05, 4.69) is 4.98 Å². The van der Waals surface area contributed by atoms with Gasteiger partial charge in [0.1, 0.15) is 17.3 Å². The van der Waals surface area contributed by atoms with E-state index in [-0.39, 0.29) is 5.02 Å². The van der Waals surface area contributed by atoms with Crippen molar-refractivity contribution in [2.75, 3.05) is 0 Å². The monoisotopic (exact) mass is 280 g/mol. The Hall–Kier alpha value is -1.65. The van der Waals surface area contributed by atoms with Crippen molar-refractivity contribution in [2.45, 2.75) is 20.4 Å². The number of benzene rings is 1. The quantitative estimate of drug-likeness (QED) is 0.932. The van der Waals surface area contributed by atoms with Crippen LogP contribution in [0.15, 0.2) is 24.3 Å². The maximum Gasteiger partial charge on any atom is 0.142 e. The zero-order chi connectivity index (χ0) is 14.0. The lowest BCUT2D eigenvalue weighted by Gasteiger charge is -2.13. The van der Waals surface area contributed by atoms with Crippen LogP contribution in [0.4, 0.5) is 4.39 Å². The summed E-state index contributed by atoms with van der Waals surface area (Å²) >= 11 is 5.72. The van der Waals surface area contributed by atoms with E-state index in [0.717, 1.165) is 17.0 Å². The molecule has 0 saturated carbocycles. The van der Waals surface area contributed by atoms with E-state index >= 15 is 0 Å². The highest BCUT2D eigenvalue weighted by atomic mass is 35.5. The lowest BCUT2D eigenvalue weighted by molar-refractivity contribution is 0.472. The normalized spacial score (nSPS) is 10.6. The van der Waals surface area contributed by atoms with Crippen molar-refractivity contribution < 1.29 is 9.13 Å². The van der Waals surface area contributed by atoms with Crippen LogP contribution in [0.25, 0.3) is 0 Å². The molecule has 0 bridgehead atoms. The van der Waals surface area contributed by atoms with Crippen molar-refractivity contribution in [3.8, 4) is 11.5 Å². The molecule has 1 heterocycles. The van der Waals surface area contributed by atoms with Crippen molar-refractivity contribution in [1.82, 2.24) is 4.98 Å². The maximum absolute atomic E-state index is 13.1. The number of hydrogen-bond acceptors (Lipinski definition) is 3. The SMILES string of the molecule is Cc1cc(Oc2ccc(F)c(Cl)c2)c(CN)c(C)n1. The summed E-state index contributed by atoms with van der Waals surface area (Å²) in [6.07, 6.45) is 0. The Bertz CT molecular complexity index is 617. The smallest absolute Gasteiger partial charge is 0.142 e. The van der Waals surface area contributed by atoms with E-state index in [0.29, 0.717) is 18.0 Å². The molecule has 0 spiro atoms. The van der Waals surface area contributed by atoms with Gasteiger partial charge in [0.2, 0.25) is 0 Å². The number of nitrogens with zero attached hydrogens (tertiary/aromatic N) is 1. The second kappa shape index (κ2) is 5.55. The first-order valence-corrected chi connectivity index (χ1v) is 6.19. The molecule has 0 atom stereocenters. The molecule has 19 heavy (non-hydrogen) atoms. The highest BCUT2D eigenvalue weighted by Crippen LogP contribution is 2.29. The minimum Gasteiger partial charge on any atom is -0.457 e. The fourth-order valence-electron chi connectivity index (χ4n) is 1.83. The number of aromatic nitrogens is 1. The van der Waals surface area contributed by atoms with Crippen LogP contribution in [-0.2, 0) is 6.54 Å².